The van der Waals surface area contributed by atoms with Crippen LogP contribution in [0.4, 0.5) is 0 Å². The Morgan fingerprint density at radius 3 is 2.67 bits per heavy atom. The summed E-state index contributed by atoms with van der Waals surface area (Å²) < 4.78 is 12.6. The van der Waals surface area contributed by atoms with Crippen LogP contribution in [0.25, 0.3) is 0 Å². The molecule has 0 amide bonds. The third-order valence-corrected chi connectivity index (χ3v) is 9.85. The van der Waals surface area contributed by atoms with E-state index in [1.54, 1.807) is 6.92 Å². The molecule has 4 fully saturated rings. The van der Waals surface area contributed by atoms with E-state index < -0.39 is 11.0 Å². The predicted molar refractivity (Wildman–Crippen MR) is 111 cm³/mol. The maximum Gasteiger partial charge on any atom is 0.306 e. The number of hydrogen-bond acceptors (Lipinski definition) is 5. The molecule has 0 aromatic rings. The lowest BCUT2D eigenvalue weighted by molar-refractivity contribution is -0.185. The van der Waals surface area contributed by atoms with Crippen molar-refractivity contribution in [2.24, 2.45) is 22.7 Å². The Labute approximate surface area is 182 Å². The van der Waals surface area contributed by atoms with Crippen LogP contribution < -0.4 is 0 Å². The van der Waals surface area contributed by atoms with E-state index >= 15 is 0 Å². The van der Waals surface area contributed by atoms with E-state index in [-0.39, 0.29) is 52.9 Å². The van der Waals surface area contributed by atoms with Gasteiger partial charge in [0, 0.05) is 23.7 Å². The molecule has 2 unspecified atom stereocenters. The van der Waals surface area contributed by atoms with E-state index in [1.807, 2.05) is 6.08 Å². The van der Waals surface area contributed by atoms with Crippen LogP contribution in [0.15, 0.2) is 11.6 Å². The lowest BCUT2D eigenvalue weighted by Crippen LogP contribution is -2.62. The van der Waals surface area contributed by atoms with Crippen molar-refractivity contribution >= 4 is 29.1 Å². The van der Waals surface area contributed by atoms with Gasteiger partial charge in [-0.25, -0.2) is 0 Å². The summed E-state index contributed by atoms with van der Waals surface area (Å²) in [4.78, 5) is 37.6. The molecule has 5 nitrogen and oxygen atoms in total. The first-order valence-electron chi connectivity index (χ1n) is 11.4. The minimum atomic E-state index is -1.15. The number of esters is 1. The fourth-order valence-corrected chi connectivity index (χ4v) is 8.28. The van der Waals surface area contributed by atoms with E-state index in [1.165, 1.54) is 5.57 Å². The van der Waals surface area contributed by atoms with Crippen LogP contribution in [0.5, 0.6) is 0 Å². The Bertz CT molecular complexity index is 866. The third-order valence-electron chi connectivity index (χ3n) is 9.60. The van der Waals surface area contributed by atoms with Crippen LogP contribution in [0, 0.1) is 22.7 Å². The Kier molecular flexibility index (Phi) is 4.42. The lowest BCUT2D eigenvalue weighted by Gasteiger charge is -2.57. The first kappa shape index (κ1) is 20.7. The van der Waals surface area contributed by atoms with E-state index in [0.29, 0.717) is 25.2 Å². The molecule has 0 aromatic heterocycles. The SMILES string of the molecule is CCC(=O)O[C@@]1(C(=O)CCl)CC[C@H]2[C@@H]3CCC4=CC(=O)CC[C@]4(C)C34OC4C[C@@]21C. The van der Waals surface area contributed by atoms with Crippen molar-refractivity contribution in [1.82, 2.24) is 0 Å². The summed E-state index contributed by atoms with van der Waals surface area (Å²) >= 11 is 6.04. The smallest absolute Gasteiger partial charge is 0.306 e. The number of ketones is 2. The highest BCUT2D eigenvalue weighted by Crippen LogP contribution is 2.76. The minimum Gasteiger partial charge on any atom is -0.450 e. The highest BCUT2D eigenvalue weighted by molar-refractivity contribution is 6.29. The summed E-state index contributed by atoms with van der Waals surface area (Å²) in [5.74, 6) is 0.124. The molecular formula is C24H31ClO5. The molecule has 1 aliphatic heterocycles. The number of fused-ring (bicyclic) bond motifs is 3. The highest BCUT2D eigenvalue weighted by atomic mass is 35.5. The van der Waals surface area contributed by atoms with Crippen LogP contribution in [0.1, 0.15) is 72.1 Å². The molecule has 0 bridgehead atoms. The summed E-state index contributed by atoms with van der Waals surface area (Å²) in [6.45, 7) is 6.16. The van der Waals surface area contributed by atoms with Gasteiger partial charge >= 0.3 is 5.97 Å². The topological polar surface area (TPSA) is 73.0 Å². The zero-order chi connectivity index (χ0) is 21.5. The molecule has 4 aliphatic carbocycles. The monoisotopic (exact) mass is 434 g/mol. The molecular weight excluding hydrogens is 404 g/mol. The summed E-state index contributed by atoms with van der Waals surface area (Å²) in [5, 5.41) is 0. The molecule has 1 heterocycles. The number of epoxide rings is 1. The number of rotatable bonds is 4. The zero-order valence-corrected chi connectivity index (χ0v) is 18.8. The van der Waals surface area contributed by atoms with Crippen molar-refractivity contribution in [2.45, 2.75) is 89.4 Å². The van der Waals surface area contributed by atoms with Gasteiger partial charge < -0.3 is 9.47 Å². The highest BCUT2D eigenvalue weighted by Gasteiger charge is 2.82. The van der Waals surface area contributed by atoms with Crippen LogP contribution in [-0.2, 0) is 23.9 Å². The summed E-state index contributed by atoms with van der Waals surface area (Å²) in [6.07, 6.45) is 7.51. The maximum absolute atomic E-state index is 13.2. The number of carbonyl (C=O) groups excluding carboxylic acids is 3. The second-order valence-electron chi connectivity index (χ2n) is 10.5. The van der Waals surface area contributed by atoms with E-state index in [0.717, 1.165) is 25.7 Å². The van der Waals surface area contributed by atoms with Crippen LogP contribution >= 0.6 is 11.6 Å². The second kappa shape index (κ2) is 6.41. The average molecular weight is 435 g/mol. The largest absolute Gasteiger partial charge is 0.450 e. The molecule has 3 saturated carbocycles. The number of alkyl halides is 1. The molecule has 6 heteroatoms. The first-order chi connectivity index (χ1) is 14.2. The lowest BCUT2D eigenvalue weighted by atomic mass is 9.46. The molecule has 1 saturated heterocycles. The van der Waals surface area contributed by atoms with Crippen molar-refractivity contribution in [1.29, 1.82) is 0 Å². The van der Waals surface area contributed by atoms with Crippen molar-refractivity contribution in [2.75, 3.05) is 5.88 Å². The Hall–Kier alpha value is -1.20. The second-order valence-corrected chi connectivity index (χ2v) is 10.8. The van der Waals surface area contributed by atoms with E-state index in [4.69, 9.17) is 21.1 Å². The molecule has 164 valence electrons. The predicted octanol–water partition coefficient (Wildman–Crippen LogP) is 4.15. The maximum atomic E-state index is 13.2. The minimum absolute atomic E-state index is 0.0339. The van der Waals surface area contributed by atoms with Crippen molar-refractivity contribution in [3.8, 4) is 0 Å². The van der Waals surface area contributed by atoms with Gasteiger partial charge in [0.05, 0.1) is 12.0 Å². The molecule has 0 N–H and O–H groups in total. The van der Waals surface area contributed by atoms with Gasteiger partial charge in [0.25, 0.3) is 0 Å². The number of Topliss-reactive ketones (excluding diaryl/α,β-unsaturated/α-hetero) is 1. The normalized spacial score (nSPS) is 48.6. The first-order valence-corrected chi connectivity index (χ1v) is 11.9. The third kappa shape index (κ3) is 2.26. The standard InChI is InChI=1S/C24H31ClO5/c1-4-20(28)30-23(18(27)13-25)10-8-16-17-6-5-14-11-15(26)7-9-21(14,2)24(17)19(29-24)12-22(16,23)3/h11,16-17,19H,4-10,12-13H2,1-3H3/t16-,17-,19?,21-,22-,23+,24?/m0/s1. The zero-order valence-electron chi connectivity index (χ0n) is 18.1. The van der Waals surface area contributed by atoms with Crippen molar-refractivity contribution in [3.05, 3.63) is 11.6 Å². The Balaban J connectivity index is 1.56. The molecule has 7 atom stereocenters. The van der Waals surface area contributed by atoms with Gasteiger partial charge in [-0.1, -0.05) is 26.3 Å². The number of hydrogen-bond donors (Lipinski definition) is 0. The molecule has 0 radical (unpaired) electrons. The Morgan fingerprint density at radius 2 is 1.97 bits per heavy atom. The fraction of sp³-hybridized carbons (Fsp3) is 0.792. The molecule has 0 aromatic carbocycles. The van der Waals surface area contributed by atoms with E-state index in [2.05, 4.69) is 13.8 Å². The van der Waals surface area contributed by atoms with Crippen molar-refractivity contribution in [3.63, 3.8) is 0 Å². The molecule has 5 aliphatic rings. The van der Waals surface area contributed by atoms with Crippen LogP contribution in [0.2, 0.25) is 0 Å². The molecule has 1 spiro atoms. The summed E-state index contributed by atoms with van der Waals surface area (Å²) in [7, 11) is 0. The van der Waals surface area contributed by atoms with Gasteiger partial charge in [-0.3, -0.25) is 14.4 Å². The fourth-order valence-electron chi connectivity index (χ4n) is 8.06. The van der Waals surface area contributed by atoms with E-state index in [9.17, 15) is 14.4 Å². The Morgan fingerprint density at radius 1 is 1.20 bits per heavy atom. The van der Waals surface area contributed by atoms with Crippen LogP contribution in [-0.4, -0.2) is 40.7 Å². The van der Waals surface area contributed by atoms with Gasteiger partial charge in [-0.15, -0.1) is 11.6 Å². The van der Waals surface area contributed by atoms with Crippen LogP contribution in [0.3, 0.4) is 0 Å². The van der Waals surface area contributed by atoms with Gasteiger partial charge in [0.2, 0.25) is 0 Å². The average Bonchev–Trinajstić information content (AvgIpc) is 3.37. The van der Waals surface area contributed by atoms with Gasteiger partial charge in [0.1, 0.15) is 5.60 Å². The van der Waals surface area contributed by atoms with Gasteiger partial charge in [-0.05, 0) is 56.4 Å². The molecule has 30 heavy (non-hydrogen) atoms. The molecule has 5 rings (SSSR count). The number of carbonyl (C=O) groups is 3. The van der Waals surface area contributed by atoms with Gasteiger partial charge in [0.15, 0.2) is 17.2 Å². The summed E-state index contributed by atoms with van der Waals surface area (Å²) in [6, 6.07) is 0. The quantitative estimate of drug-likeness (QED) is 0.377. The summed E-state index contributed by atoms with van der Waals surface area (Å²) in [5.41, 5.74) is -0.723. The number of halogens is 1. The number of ether oxygens (including phenoxy) is 2. The van der Waals surface area contributed by atoms with Gasteiger partial charge in [-0.2, -0.15) is 0 Å². The van der Waals surface area contributed by atoms with Crippen molar-refractivity contribution < 1.29 is 23.9 Å².